The second-order valence-electron chi connectivity index (χ2n) is 23.5. The van der Waals surface area contributed by atoms with Crippen LogP contribution in [-0.2, 0) is 14.3 Å². The summed E-state index contributed by atoms with van der Waals surface area (Å²) in [6.07, 6.45) is 78.4. The largest absolute Gasteiger partial charge is 0.466 e. The number of aliphatic hydroxyl groups is 2. The Bertz CT molecular complexity index is 1110. The first kappa shape index (κ1) is 72.6. The zero-order chi connectivity index (χ0) is 53.6. The fourth-order valence-electron chi connectivity index (χ4n) is 10.9. The summed E-state index contributed by atoms with van der Waals surface area (Å²) in [6, 6.07) is -0.535. The Morgan fingerprint density at radius 3 is 0.959 bits per heavy atom. The molecular formula is C68H133NO5. The Labute approximate surface area is 463 Å². The fraction of sp³-hybridized carbons (Fsp3) is 0.941. The maximum Gasteiger partial charge on any atom is 0.305 e. The molecule has 0 rings (SSSR count). The third-order valence-electron chi connectivity index (χ3n) is 16.1. The molecule has 0 aromatic rings. The first-order chi connectivity index (χ1) is 36.5. The van der Waals surface area contributed by atoms with E-state index in [1.165, 1.54) is 308 Å². The van der Waals surface area contributed by atoms with Gasteiger partial charge in [-0.25, -0.2) is 0 Å². The van der Waals surface area contributed by atoms with E-state index >= 15 is 0 Å². The van der Waals surface area contributed by atoms with Crippen LogP contribution >= 0.6 is 0 Å². The number of carbonyl (C=O) groups is 2. The van der Waals surface area contributed by atoms with Crippen LogP contribution in [0.3, 0.4) is 0 Å². The van der Waals surface area contributed by atoms with Gasteiger partial charge in [0.25, 0.3) is 0 Å². The van der Waals surface area contributed by atoms with Crippen LogP contribution in [0, 0.1) is 0 Å². The summed E-state index contributed by atoms with van der Waals surface area (Å²) < 4.78 is 5.50. The van der Waals surface area contributed by atoms with Gasteiger partial charge in [-0.05, 0) is 51.4 Å². The Morgan fingerprint density at radius 2 is 0.635 bits per heavy atom. The standard InChI is InChI=1S/C68H133NO5/c1-3-5-7-9-11-13-14-15-16-32-36-39-42-46-50-54-58-62-68(73)74-63-59-55-51-47-43-40-37-34-31-29-27-25-23-21-19-17-18-20-22-24-26-28-30-33-35-38-41-45-49-53-57-61-67(72)69-65(64-70)66(71)60-56-52-48-44-12-10-8-6-4-2/h15-16,65-66,70-71H,3-14,17-64H2,1-2H3,(H,69,72)/b16-15-. The van der Waals surface area contributed by atoms with Gasteiger partial charge in [0.15, 0.2) is 0 Å². The first-order valence-corrected chi connectivity index (χ1v) is 33.9. The lowest BCUT2D eigenvalue weighted by atomic mass is 10.0. The molecule has 6 heteroatoms. The Morgan fingerprint density at radius 1 is 0.365 bits per heavy atom. The quantitative estimate of drug-likeness (QED) is 0.0320. The number of unbranched alkanes of at least 4 members (excludes halogenated alkanes) is 51. The molecule has 0 aliphatic carbocycles. The summed E-state index contributed by atoms with van der Waals surface area (Å²) in [6.45, 7) is 4.96. The fourth-order valence-corrected chi connectivity index (χ4v) is 10.9. The van der Waals surface area contributed by atoms with Crippen molar-refractivity contribution >= 4 is 11.9 Å². The smallest absolute Gasteiger partial charge is 0.305 e. The maximum atomic E-state index is 12.4. The minimum absolute atomic E-state index is 0.0180. The van der Waals surface area contributed by atoms with Crippen molar-refractivity contribution in [3.05, 3.63) is 12.2 Å². The number of allylic oxidation sites excluding steroid dienone is 2. The highest BCUT2D eigenvalue weighted by molar-refractivity contribution is 5.76. The summed E-state index contributed by atoms with van der Waals surface area (Å²) in [4.78, 5) is 24.5. The summed E-state index contributed by atoms with van der Waals surface area (Å²) in [5.74, 6) is -0.0133. The molecule has 440 valence electrons. The maximum absolute atomic E-state index is 12.4. The van der Waals surface area contributed by atoms with Gasteiger partial charge in [0, 0.05) is 12.8 Å². The van der Waals surface area contributed by atoms with Crippen LogP contribution in [-0.4, -0.2) is 47.4 Å². The highest BCUT2D eigenvalue weighted by Crippen LogP contribution is 2.19. The number of esters is 1. The lowest BCUT2D eigenvalue weighted by Gasteiger charge is -2.22. The number of amides is 1. The predicted molar refractivity (Wildman–Crippen MR) is 324 cm³/mol. The van der Waals surface area contributed by atoms with Gasteiger partial charge in [-0.3, -0.25) is 9.59 Å². The van der Waals surface area contributed by atoms with E-state index in [4.69, 9.17) is 4.74 Å². The van der Waals surface area contributed by atoms with Crippen LogP contribution in [0.25, 0.3) is 0 Å². The van der Waals surface area contributed by atoms with Crippen LogP contribution in [0.1, 0.15) is 386 Å². The molecule has 2 atom stereocenters. The van der Waals surface area contributed by atoms with Gasteiger partial charge >= 0.3 is 5.97 Å². The predicted octanol–water partition coefficient (Wildman–Crippen LogP) is 21.6. The number of nitrogens with one attached hydrogen (secondary N) is 1. The molecule has 0 aromatic heterocycles. The van der Waals surface area contributed by atoms with E-state index in [9.17, 15) is 19.8 Å². The molecular weight excluding hydrogens is 911 g/mol. The molecule has 3 N–H and O–H groups in total. The van der Waals surface area contributed by atoms with Gasteiger partial charge < -0.3 is 20.3 Å². The zero-order valence-electron chi connectivity index (χ0n) is 50.4. The van der Waals surface area contributed by atoms with Crippen molar-refractivity contribution < 1.29 is 24.5 Å². The van der Waals surface area contributed by atoms with Crippen LogP contribution in [0.5, 0.6) is 0 Å². The van der Waals surface area contributed by atoms with Crippen molar-refractivity contribution in [3.63, 3.8) is 0 Å². The van der Waals surface area contributed by atoms with Crippen molar-refractivity contribution in [2.75, 3.05) is 13.2 Å². The van der Waals surface area contributed by atoms with Gasteiger partial charge in [-0.1, -0.05) is 334 Å². The topological polar surface area (TPSA) is 95.9 Å². The molecule has 0 aliphatic heterocycles. The van der Waals surface area contributed by atoms with E-state index in [-0.39, 0.29) is 18.5 Å². The van der Waals surface area contributed by atoms with Crippen LogP contribution in [0.4, 0.5) is 0 Å². The van der Waals surface area contributed by atoms with Crippen LogP contribution in [0.15, 0.2) is 12.2 Å². The van der Waals surface area contributed by atoms with Gasteiger partial charge in [0.1, 0.15) is 0 Å². The van der Waals surface area contributed by atoms with Crippen molar-refractivity contribution in [3.8, 4) is 0 Å². The molecule has 0 aromatic carbocycles. The molecule has 0 fully saturated rings. The van der Waals surface area contributed by atoms with E-state index in [1.807, 2.05) is 0 Å². The van der Waals surface area contributed by atoms with E-state index < -0.39 is 12.1 Å². The van der Waals surface area contributed by atoms with Crippen molar-refractivity contribution in [2.24, 2.45) is 0 Å². The number of hydrogen-bond acceptors (Lipinski definition) is 5. The van der Waals surface area contributed by atoms with Crippen LogP contribution < -0.4 is 5.32 Å². The minimum Gasteiger partial charge on any atom is -0.466 e. The van der Waals surface area contributed by atoms with Crippen LogP contribution in [0.2, 0.25) is 0 Å². The summed E-state index contributed by atoms with van der Waals surface area (Å²) in [7, 11) is 0. The summed E-state index contributed by atoms with van der Waals surface area (Å²) in [5.41, 5.74) is 0. The lowest BCUT2D eigenvalue weighted by Crippen LogP contribution is -2.45. The van der Waals surface area contributed by atoms with Gasteiger partial charge in [0.05, 0.1) is 25.4 Å². The van der Waals surface area contributed by atoms with Crippen molar-refractivity contribution in [2.45, 2.75) is 398 Å². The normalized spacial score (nSPS) is 12.5. The van der Waals surface area contributed by atoms with Gasteiger partial charge in [0.2, 0.25) is 5.91 Å². The number of carbonyl (C=O) groups excluding carboxylic acids is 2. The number of ether oxygens (including phenoxy) is 1. The monoisotopic (exact) mass is 1040 g/mol. The summed E-state index contributed by atoms with van der Waals surface area (Å²) >= 11 is 0. The third kappa shape index (κ3) is 59.8. The highest BCUT2D eigenvalue weighted by Gasteiger charge is 2.20. The SMILES string of the molecule is CCCCCCCC/C=C\CCCCCCCCCC(=O)OCCCCCCCCCCCCCCCCCCCCCCCCCCCCCCCCCC(=O)NC(CO)C(O)CCCCCCCCCCC. The lowest BCUT2D eigenvalue weighted by molar-refractivity contribution is -0.143. The molecule has 6 nitrogen and oxygen atoms in total. The molecule has 0 heterocycles. The second-order valence-corrected chi connectivity index (χ2v) is 23.5. The molecule has 0 saturated heterocycles. The molecule has 0 spiro atoms. The van der Waals surface area contributed by atoms with Crippen molar-refractivity contribution in [1.82, 2.24) is 5.32 Å². The Kier molecular flexibility index (Phi) is 62.9. The molecule has 1 amide bonds. The minimum atomic E-state index is -0.658. The number of hydrogen-bond donors (Lipinski definition) is 3. The summed E-state index contributed by atoms with van der Waals surface area (Å²) in [5, 5.41) is 23.1. The van der Waals surface area contributed by atoms with Crippen molar-refractivity contribution in [1.29, 1.82) is 0 Å². The average molecular weight is 1040 g/mol. The molecule has 0 bridgehead atoms. The molecule has 2 unspecified atom stereocenters. The molecule has 74 heavy (non-hydrogen) atoms. The van der Waals surface area contributed by atoms with E-state index in [2.05, 4.69) is 31.3 Å². The molecule has 0 radical (unpaired) electrons. The van der Waals surface area contributed by atoms with E-state index in [0.717, 1.165) is 44.9 Å². The highest BCUT2D eigenvalue weighted by atomic mass is 16.5. The van der Waals surface area contributed by atoms with Gasteiger partial charge in [-0.2, -0.15) is 0 Å². The molecule has 0 aliphatic rings. The Balaban J connectivity index is 3.28. The molecule has 0 saturated carbocycles. The first-order valence-electron chi connectivity index (χ1n) is 33.9. The van der Waals surface area contributed by atoms with E-state index in [1.54, 1.807) is 0 Å². The van der Waals surface area contributed by atoms with Gasteiger partial charge in [-0.15, -0.1) is 0 Å². The average Bonchev–Trinajstić information content (AvgIpc) is 3.40. The second kappa shape index (κ2) is 64.1. The Hall–Kier alpha value is -1.40. The van der Waals surface area contributed by atoms with E-state index in [0.29, 0.717) is 25.9 Å². The number of aliphatic hydroxyl groups excluding tert-OH is 2. The third-order valence-corrected chi connectivity index (χ3v) is 16.1. The number of rotatable bonds is 64. The zero-order valence-corrected chi connectivity index (χ0v) is 50.4.